The molecule has 0 aliphatic carbocycles. The molecule has 0 unspecified atom stereocenters. The second-order valence-electron chi connectivity index (χ2n) is 4.30. The fourth-order valence-corrected chi connectivity index (χ4v) is 1.92. The molecule has 2 rings (SSSR count). The summed E-state index contributed by atoms with van der Waals surface area (Å²) >= 11 is 0. The van der Waals surface area contributed by atoms with Crippen LogP contribution in [-0.4, -0.2) is 35.2 Å². The summed E-state index contributed by atoms with van der Waals surface area (Å²) in [4.78, 5) is 13.2. The molecule has 18 heavy (non-hydrogen) atoms. The highest BCUT2D eigenvalue weighted by Crippen LogP contribution is 2.17. The lowest BCUT2D eigenvalue weighted by molar-refractivity contribution is 0.0883. The number of carbonyl (C=O) groups is 1. The van der Waals surface area contributed by atoms with Crippen molar-refractivity contribution in [3.8, 4) is 0 Å². The standard InChI is InChI=1S/C12H14F2N2O2/c13-8-3-4-11(10(14)6-8)15-12(18)16-5-1-2-9(17)7-16/h3-4,6,9,17H,1-2,5,7H2,(H,15,18)/t9-/m0/s1. The van der Waals surface area contributed by atoms with E-state index in [0.717, 1.165) is 6.07 Å². The summed E-state index contributed by atoms with van der Waals surface area (Å²) in [6.45, 7) is 0.750. The number of nitrogens with one attached hydrogen (secondary N) is 1. The Bertz CT molecular complexity index is 454. The van der Waals surface area contributed by atoms with Crippen LogP contribution < -0.4 is 5.32 Å². The number of carbonyl (C=O) groups excluding carboxylic acids is 1. The van der Waals surface area contributed by atoms with Gasteiger partial charge in [-0.3, -0.25) is 0 Å². The molecule has 1 aromatic carbocycles. The van der Waals surface area contributed by atoms with Gasteiger partial charge in [0.05, 0.1) is 11.8 Å². The van der Waals surface area contributed by atoms with Crippen molar-refractivity contribution in [1.82, 2.24) is 4.90 Å². The first-order chi connectivity index (χ1) is 8.56. The molecule has 0 bridgehead atoms. The molecular weight excluding hydrogens is 242 g/mol. The number of urea groups is 1. The Morgan fingerprint density at radius 2 is 2.22 bits per heavy atom. The number of aliphatic hydroxyl groups excluding tert-OH is 1. The SMILES string of the molecule is O=C(Nc1ccc(F)cc1F)N1CCC[C@H](O)C1. The van der Waals surface area contributed by atoms with Crippen molar-refractivity contribution in [2.45, 2.75) is 18.9 Å². The predicted molar refractivity (Wildman–Crippen MR) is 62.2 cm³/mol. The second-order valence-corrected chi connectivity index (χ2v) is 4.30. The number of β-amino-alcohol motifs (C(OH)–C–C–N with tert-alkyl or cyclic N) is 1. The number of benzene rings is 1. The van der Waals surface area contributed by atoms with Gasteiger partial charge in [-0.2, -0.15) is 0 Å². The number of amides is 2. The number of likely N-dealkylation sites (tertiary alicyclic amines) is 1. The Labute approximate surface area is 103 Å². The zero-order valence-electron chi connectivity index (χ0n) is 9.70. The van der Waals surface area contributed by atoms with Crippen LogP contribution in [0.2, 0.25) is 0 Å². The van der Waals surface area contributed by atoms with Crippen LogP contribution in [0.3, 0.4) is 0 Å². The van der Waals surface area contributed by atoms with Crippen LogP contribution in [0, 0.1) is 11.6 Å². The van der Waals surface area contributed by atoms with Crippen LogP contribution >= 0.6 is 0 Å². The van der Waals surface area contributed by atoms with E-state index in [0.29, 0.717) is 25.5 Å². The summed E-state index contributed by atoms with van der Waals surface area (Å²) in [7, 11) is 0. The van der Waals surface area contributed by atoms with E-state index in [1.165, 1.54) is 11.0 Å². The summed E-state index contributed by atoms with van der Waals surface area (Å²) < 4.78 is 26.0. The minimum absolute atomic E-state index is 0.0681. The highest BCUT2D eigenvalue weighted by Gasteiger charge is 2.22. The van der Waals surface area contributed by atoms with Crippen molar-refractivity contribution in [2.75, 3.05) is 18.4 Å². The Hall–Kier alpha value is -1.69. The number of piperidine rings is 1. The lowest BCUT2D eigenvalue weighted by Crippen LogP contribution is -2.44. The van der Waals surface area contributed by atoms with Gasteiger partial charge in [0.15, 0.2) is 0 Å². The van der Waals surface area contributed by atoms with Crippen LogP contribution in [0.15, 0.2) is 18.2 Å². The third kappa shape index (κ3) is 2.95. The molecule has 0 aromatic heterocycles. The third-order valence-corrected chi connectivity index (χ3v) is 2.86. The molecule has 0 saturated carbocycles. The number of hydrogen-bond donors (Lipinski definition) is 2. The second kappa shape index (κ2) is 5.30. The highest BCUT2D eigenvalue weighted by atomic mass is 19.1. The van der Waals surface area contributed by atoms with Crippen molar-refractivity contribution < 1.29 is 18.7 Å². The molecule has 1 fully saturated rings. The number of halogens is 2. The first kappa shape index (κ1) is 12.8. The average molecular weight is 256 g/mol. The monoisotopic (exact) mass is 256 g/mol. The maximum atomic E-state index is 13.3. The molecule has 4 nitrogen and oxygen atoms in total. The summed E-state index contributed by atoms with van der Waals surface area (Å²) in [5.74, 6) is -1.51. The molecule has 1 atom stereocenters. The van der Waals surface area contributed by atoms with Gasteiger partial charge in [-0.15, -0.1) is 0 Å². The normalized spacial score (nSPS) is 19.7. The average Bonchev–Trinajstić information content (AvgIpc) is 2.32. The third-order valence-electron chi connectivity index (χ3n) is 2.86. The molecule has 1 heterocycles. The molecule has 1 aliphatic heterocycles. The number of anilines is 1. The van der Waals surface area contributed by atoms with Gasteiger partial charge in [-0.05, 0) is 25.0 Å². The summed E-state index contributed by atoms with van der Waals surface area (Å²) in [5, 5.41) is 11.8. The first-order valence-corrected chi connectivity index (χ1v) is 5.75. The van der Waals surface area contributed by atoms with Gasteiger partial charge in [0.25, 0.3) is 0 Å². The summed E-state index contributed by atoms with van der Waals surface area (Å²) in [6.07, 6.45) is 0.831. The molecule has 1 saturated heterocycles. The van der Waals surface area contributed by atoms with Crippen LogP contribution in [0.1, 0.15) is 12.8 Å². The maximum absolute atomic E-state index is 13.3. The molecule has 98 valence electrons. The molecule has 2 amide bonds. The van der Waals surface area contributed by atoms with Gasteiger partial charge < -0.3 is 15.3 Å². The van der Waals surface area contributed by atoms with Crippen LogP contribution in [-0.2, 0) is 0 Å². The zero-order chi connectivity index (χ0) is 13.1. The van der Waals surface area contributed by atoms with Crippen LogP contribution in [0.25, 0.3) is 0 Å². The summed E-state index contributed by atoms with van der Waals surface area (Å²) in [6, 6.07) is 2.46. The smallest absolute Gasteiger partial charge is 0.322 e. The van der Waals surface area contributed by atoms with Crippen molar-refractivity contribution in [3.05, 3.63) is 29.8 Å². The minimum Gasteiger partial charge on any atom is -0.391 e. The number of aliphatic hydroxyl groups is 1. The van der Waals surface area contributed by atoms with Crippen molar-refractivity contribution in [3.63, 3.8) is 0 Å². The molecule has 0 spiro atoms. The topological polar surface area (TPSA) is 52.6 Å². The van der Waals surface area contributed by atoms with Crippen molar-refractivity contribution >= 4 is 11.7 Å². The van der Waals surface area contributed by atoms with E-state index in [1.54, 1.807) is 0 Å². The fraction of sp³-hybridized carbons (Fsp3) is 0.417. The highest BCUT2D eigenvalue weighted by molar-refractivity contribution is 5.89. The largest absolute Gasteiger partial charge is 0.391 e. The summed E-state index contributed by atoms with van der Waals surface area (Å²) in [5.41, 5.74) is -0.0681. The van der Waals surface area contributed by atoms with E-state index in [2.05, 4.69) is 5.32 Å². The van der Waals surface area contributed by atoms with Gasteiger partial charge in [-0.25, -0.2) is 13.6 Å². The molecule has 1 aliphatic rings. The molecular formula is C12H14F2N2O2. The van der Waals surface area contributed by atoms with E-state index >= 15 is 0 Å². The van der Waals surface area contributed by atoms with E-state index in [-0.39, 0.29) is 12.2 Å². The lowest BCUT2D eigenvalue weighted by Gasteiger charge is -2.30. The fourth-order valence-electron chi connectivity index (χ4n) is 1.92. The van der Waals surface area contributed by atoms with Crippen LogP contribution in [0.5, 0.6) is 0 Å². The van der Waals surface area contributed by atoms with Gasteiger partial charge in [-0.1, -0.05) is 0 Å². The van der Waals surface area contributed by atoms with Gasteiger partial charge >= 0.3 is 6.03 Å². The molecule has 0 radical (unpaired) electrons. The van der Waals surface area contributed by atoms with Crippen molar-refractivity contribution in [2.24, 2.45) is 0 Å². The van der Waals surface area contributed by atoms with E-state index in [9.17, 15) is 18.7 Å². The quantitative estimate of drug-likeness (QED) is 0.807. The zero-order valence-corrected chi connectivity index (χ0v) is 9.70. The number of nitrogens with zero attached hydrogens (tertiary/aromatic N) is 1. The Balaban J connectivity index is 2.02. The van der Waals surface area contributed by atoms with E-state index < -0.39 is 23.8 Å². The number of rotatable bonds is 1. The Kier molecular flexibility index (Phi) is 3.76. The molecule has 1 aromatic rings. The predicted octanol–water partition coefficient (Wildman–Crippen LogP) is 1.95. The van der Waals surface area contributed by atoms with Crippen LogP contribution in [0.4, 0.5) is 19.3 Å². The molecule has 6 heteroatoms. The first-order valence-electron chi connectivity index (χ1n) is 5.75. The maximum Gasteiger partial charge on any atom is 0.322 e. The Morgan fingerprint density at radius 3 is 2.89 bits per heavy atom. The molecule has 2 N–H and O–H groups in total. The minimum atomic E-state index is -0.819. The Morgan fingerprint density at radius 1 is 1.44 bits per heavy atom. The number of hydrogen-bond acceptors (Lipinski definition) is 2. The van der Waals surface area contributed by atoms with Crippen molar-refractivity contribution in [1.29, 1.82) is 0 Å². The van der Waals surface area contributed by atoms with E-state index in [4.69, 9.17) is 0 Å². The van der Waals surface area contributed by atoms with Gasteiger partial charge in [0.2, 0.25) is 0 Å². The van der Waals surface area contributed by atoms with Gasteiger partial charge in [0.1, 0.15) is 11.6 Å². The van der Waals surface area contributed by atoms with Gasteiger partial charge in [0, 0.05) is 19.2 Å². The lowest BCUT2D eigenvalue weighted by atomic mass is 10.1. The van der Waals surface area contributed by atoms with E-state index in [1.807, 2.05) is 0 Å².